The van der Waals surface area contributed by atoms with Gasteiger partial charge in [-0.1, -0.05) is 61.0 Å². The molecule has 3 unspecified atom stereocenters. The Morgan fingerprint density at radius 1 is 0.973 bits per heavy atom. The van der Waals surface area contributed by atoms with E-state index >= 15 is 0 Å². The number of amides is 3. The fourth-order valence-electron chi connectivity index (χ4n) is 4.30. The fraction of sp³-hybridized carbons (Fsp3) is 0.172. The van der Waals surface area contributed by atoms with E-state index in [2.05, 4.69) is 28.9 Å². The topological polar surface area (TPSA) is 61.4 Å². The van der Waals surface area contributed by atoms with Crippen LogP contribution in [-0.2, 0) is 4.79 Å². The molecule has 1 aliphatic heterocycles. The molecule has 0 radical (unpaired) electrons. The zero-order valence-corrected chi connectivity index (χ0v) is 22.5. The van der Waals surface area contributed by atoms with E-state index in [0.29, 0.717) is 22.8 Å². The molecule has 0 fully saturated rings. The molecule has 1 aliphatic carbocycles. The molecule has 188 valence electrons. The molecule has 2 N–H and O–H groups in total. The molecule has 0 bridgehead atoms. The van der Waals surface area contributed by atoms with Crippen LogP contribution in [-0.4, -0.2) is 28.5 Å². The summed E-state index contributed by atoms with van der Waals surface area (Å²) in [7, 11) is 0. The lowest BCUT2D eigenvalue weighted by molar-refractivity contribution is -0.115. The Morgan fingerprint density at radius 2 is 1.76 bits per heavy atom. The molecule has 3 atom stereocenters. The average molecular weight is 548 g/mol. The van der Waals surface area contributed by atoms with E-state index in [9.17, 15) is 9.59 Å². The summed E-state index contributed by atoms with van der Waals surface area (Å²) in [6, 6.07) is 22.5. The molecule has 5 rings (SSSR count). The predicted octanol–water partition coefficient (Wildman–Crippen LogP) is 7.86. The number of nitrogens with one attached hydrogen (secondary N) is 2. The third-order valence-corrected chi connectivity index (χ3v) is 9.02. The van der Waals surface area contributed by atoms with Crippen molar-refractivity contribution in [3.05, 3.63) is 102 Å². The van der Waals surface area contributed by atoms with Crippen LogP contribution < -0.4 is 15.5 Å². The maximum Gasteiger partial charge on any atom is 0.326 e. The number of benzene rings is 3. The average Bonchev–Trinajstić information content (AvgIpc) is 2.91. The zero-order chi connectivity index (χ0) is 25.8. The van der Waals surface area contributed by atoms with E-state index in [-0.39, 0.29) is 28.5 Å². The highest BCUT2D eigenvalue weighted by atomic mass is 35.5. The number of halogens is 1. The third kappa shape index (κ3) is 5.90. The van der Waals surface area contributed by atoms with Crippen LogP contribution in [0.2, 0.25) is 5.02 Å². The van der Waals surface area contributed by atoms with Crippen molar-refractivity contribution in [2.45, 2.75) is 39.7 Å². The summed E-state index contributed by atoms with van der Waals surface area (Å²) in [5.41, 5.74) is 2.30. The Bertz CT molecular complexity index is 1360. The van der Waals surface area contributed by atoms with Gasteiger partial charge in [-0.2, -0.15) is 0 Å². The fourth-order valence-corrected chi connectivity index (χ4v) is 6.70. The Balaban J connectivity index is 1.30. The van der Waals surface area contributed by atoms with Gasteiger partial charge in [-0.05, 0) is 61.0 Å². The van der Waals surface area contributed by atoms with Crippen LogP contribution in [0.3, 0.4) is 0 Å². The molecule has 3 aromatic rings. The maximum atomic E-state index is 13.6. The van der Waals surface area contributed by atoms with Gasteiger partial charge in [0.2, 0.25) is 5.91 Å². The molecule has 5 nitrogen and oxygen atoms in total. The van der Waals surface area contributed by atoms with E-state index < -0.39 is 0 Å². The molecule has 3 amide bonds. The molecule has 0 saturated heterocycles. The number of rotatable bonds is 6. The van der Waals surface area contributed by atoms with Gasteiger partial charge >= 0.3 is 6.03 Å². The second-order valence-corrected chi connectivity index (χ2v) is 11.6. The van der Waals surface area contributed by atoms with Crippen LogP contribution in [0.15, 0.2) is 107 Å². The molecule has 2 aliphatic rings. The lowest BCUT2D eigenvalue weighted by Crippen LogP contribution is -2.49. The molecule has 1 heterocycles. The van der Waals surface area contributed by atoms with E-state index in [1.807, 2.05) is 66.4 Å². The smallest absolute Gasteiger partial charge is 0.325 e. The number of nitrogens with zero attached hydrogens (tertiary/aromatic N) is 1. The maximum absolute atomic E-state index is 13.6. The van der Waals surface area contributed by atoms with Gasteiger partial charge in [0.15, 0.2) is 0 Å². The second-order valence-electron chi connectivity index (χ2n) is 8.65. The molecule has 3 aromatic carbocycles. The van der Waals surface area contributed by atoms with Gasteiger partial charge in [0, 0.05) is 26.2 Å². The monoisotopic (exact) mass is 547 g/mol. The minimum Gasteiger partial charge on any atom is -0.325 e. The van der Waals surface area contributed by atoms with Gasteiger partial charge in [-0.25, -0.2) is 4.79 Å². The van der Waals surface area contributed by atoms with Crippen molar-refractivity contribution in [2.24, 2.45) is 0 Å². The number of anilines is 3. The summed E-state index contributed by atoms with van der Waals surface area (Å²) in [5, 5.41) is 6.54. The second kappa shape index (κ2) is 11.5. The first kappa shape index (κ1) is 25.5. The van der Waals surface area contributed by atoms with Crippen LogP contribution in [0.1, 0.15) is 13.3 Å². The van der Waals surface area contributed by atoms with Gasteiger partial charge in [0.1, 0.15) is 0 Å². The number of para-hydroxylation sites is 1. The summed E-state index contributed by atoms with van der Waals surface area (Å²) in [4.78, 5) is 30.3. The van der Waals surface area contributed by atoms with Crippen molar-refractivity contribution >= 4 is 64.1 Å². The van der Waals surface area contributed by atoms with E-state index in [0.717, 1.165) is 15.5 Å². The van der Waals surface area contributed by atoms with E-state index in [1.165, 1.54) is 11.8 Å². The highest BCUT2D eigenvalue weighted by molar-refractivity contribution is 8.00. The van der Waals surface area contributed by atoms with Crippen molar-refractivity contribution in [1.29, 1.82) is 0 Å². The van der Waals surface area contributed by atoms with Crippen LogP contribution in [0.4, 0.5) is 21.9 Å². The Morgan fingerprint density at radius 3 is 2.57 bits per heavy atom. The van der Waals surface area contributed by atoms with Crippen molar-refractivity contribution in [2.75, 3.05) is 15.5 Å². The molecule has 0 spiro atoms. The molecule has 0 aromatic heterocycles. The number of carbonyl (C=O) groups excluding carboxylic acids is 2. The van der Waals surface area contributed by atoms with Crippen molar-refractivity contribution in [1.82, 2.24) is 0 Å². The third-order valence-electron chi connectivity index (χ3n) is 6.10. The quantitative estimate of drug-likeness (QED) is 0.308. The van der Waals surface area contributed by atoms with Crippen molar-refractivity contribution in [3.8, 4) is 0 Å². The number of allylic oxidation sites excluding steroid dienone is 2. The summed E-state index contributed by atoms with van der Waals surface area (Å²) >= 11 is 9.20. The molecule has 8 heteroatoms. The van der Waals surface area contributed by atoms with Gasteiger partial charge in [0.05, 0.1) is 22.2 Å². The lowest BCUT2D eigenvalue weighted by Gasteiger charge is -2.40. The molecular formula is C29H26ClN3O2S2. The molecular weight excluding hydrogens is 522 g/mol. The van der Waals surface area contributed by atoms with Crippen LogP contribution in [0, 0.1) is 0 Å². The van der Waals surface area contributed by atoms with Crippen molar-refractivity contribution in [3.63, 3.8) is 0 Å². The van der Waals surface area contributed by atoms with Crippen LogP contribution >= 0.6 is 35.1 Å². The summed E-state index contributed by atoms with van der Waals surface area (Å²) < 4.78 is 0. The van der Waals surface area contributed by atoms with Crippen molar-refractivity contribution < 1.29 is 9.59 Å². The zero-order valence-electron chi connectivity index (χ0n) is 20.1. The predicted molar refractivity (Wildman–Crippen MR) is 156 cm³/mol. The number of hydrogen-bond donors (Lipinski definition) is 2. The standard InChI is InChI=1S/C29H26ClN3O2S2/c1-2-25(28(34)31-20-16-14-19(30)15-17-20)36-22-9-7-8-21(18-22)32-29(35)33-23-10-3-5-12-26(23)37-27-13-6-4-11-24(27)33/h3-18,23,25-26H,2H2,1H3,(H,31,34)(H,32,35). The molecule has 0 saturated carbocycles. The summed E-state index contributed by atoms with van der Waals surface area (Å²) in [6.07, 6.45) is 8.90. The minimum absolute atomic E-state index is 0.0662. The normalized spacial score (nSPS) is 18.5. The van der Waals surface area contributed by atoms with Gasteiger partial charge in [-0.15, -0.1) is 23.5 Å². The lowest BCUT2D eigenvalue weighted by atomic mass is 10.1. The largest absolute Gasteiger partial charge is 0.326 e. The number of thioether (sulfide) groups is 2. The number of hydrogen-bond acceptors (Lipinski definition) is 4. The number of carbonyl (C=O) groups is 2. The Kier molecular flexibility index (Phi) is 7.93. The number of urea groups is 1. The van der Waals surface area contributed by atoms with Crippen LogP contribution in [0.25, 0.3) is 0 Å². The van der Waals surface area contributed by atoms with Gasteiger partial charge in [-0.3, -0.25) is 9.69 Å². The first-order valence-electron chi connectivity index (χ1n) is 12.1. The highest BCUT2D eigenvalue weighted by Crippen LogP contribution is 2.43. The molecule has 37 heavy (non-hydrogen) atoms. The van der Waals surface area contributed by atoms with Gasteiger partial charge < -0.3 is 10.6 Å². The number of fused-ring (bicyclic) bond motifs is 2. The first-order valence-corrected chi connectivity index (χ1v) is 14.2. The highest BCUT2D eigenvalue weighted by Gasteiger charge is 2.36. The summed E-state index contributed by atoms with van der Waals surface area (Å²) in [5.74, 6) is -0.0742. The van der Waals surface area contributed by atoms with E-state index in [4.69, 9.17) is 11.6 Å². The summed E-state index contributed by atoms with van der Waals surface area (Å²) in [6.45, 7) is 1.99. The van der Waals surface area contributed by atoms with E-state index in [1.54, 1.807) is 36.0 Å². The Hall–Kier alpha value is -3.13. The van der Waals surface area contributed by atoms with Crippen LogP contribution in [0.5, 0.6) is 0 Å². The Labute approximate surface area is 230 Å². The SMILES string of the molecule is CCC(Sc1cccc(NC(=O)N2c3ccccc3SC3C=CC=CC32)c1)C(=O)Nc1ccc(Cl)cc1. The minimum atomic E-state index is -0.285. The van der Waals surface area contributed by atoms with Gasteiger partial charge in [0.25, 0.3) is 0 Å². The first-order chi connectivity index (χ1) is 18.0.